The number of carbonyl (C=O) groups excluding carboxylic acids is 2. The maximum Gasteiger partial charge on any atom is 0.472 e. The van der Waals surface area contributed by atoms with Crippen LogP contribution in [0.3, 0.4) is 0 Å². The Balaban J connectivity index is 0.000000316. The smallest absolute Gasteiger partial charge is 0.351 e. The van der Waals surface area contributed by atoms with Crippen molar-refractivity contribution in [1.82, 2.24) is 10.9 Å². The second-order valence-corrected chi connectivity index (χ2v) is 12.2. The van der Waals surface area contributed by atoms with E-state index in [4.69, 9.17) is 15.8 Å². The first-order valence-electron chi connectivity index (χ1n) is 15.2. The molecule has 0 aromatic heterocycles. The summed E-state index contributed by atoms with van der Waals surface area (Å²) < 4.78 is 138. The lowest BCUT2D eigenvalue weighted by Gasteiger charge is -2.12. The molecule has 0 aliphatic carbocycles. The zero-order chi connectivity index (χ0) is 43.7. The first-order valence-corrected chi connectivity index (χ1v) is 16.6. The minimum atomic E-state index is -5.16. The molecule has 0 spiro atoms. The number of benzene rings is 4. The van der Waals surface area contributed by atoms with Crippen molar-refractivity contribution in [2.45, 2.75) is 30.3 Å². The molecule has 0 aliphatic rings. The molecule has 0 atom stereocenters. The van der Waals surface area contributed by atoms with Crippen LogP contribution in [0.2, 0.25) is 0 Å². The normalized spacial score (nSPS) is 11.3. The van der Waals surface area contributed by atoms with Gasteiger partial charge in [-0.05, 0) is 73.7 Å². The maximum atomic E-state index is 13.1. The Morgan fingerprint density at radius 3 is 1.34 bits per heavy atom. The molecule has 0 saturated carbocycles. The number of aryl methyl sites for hydroxylation is 1. The van der Waals surface area contributed by atoms with Gasteiger partial charge in [0.05, 0.1) is 52.0 Å². The molecule has 0 fully saturated rings. The van der Waals surface area contributed by atoms with Crippen molar-refractivity contribution in [3.8, 4) is 18.2 Å². The third kappa shape index (κ3) is 16.1. The van der Waals surface area contributed by atoms with Crippen LogP contribution >= 0.6 is 0 Å². The zero-order valence-corrected chi connectivity index (χ0v) is 29.7. The number of nitriles is 3. The lowest BCUT2D eigenvalue weighted by molar-refractivity contribution is -0.173. The van der Waals surface area contributed by atoms with Gasteiger partial charge in [-0.15, -0.1) is 5.10 Å². The Kier molecular flexibility index (Phi) is 16.4. The number of carbonyl (C=O) groups is 2. The first kappa shape index (κ1) is 46.6. The third-order valence-corrected chi connectivity index (χ3v) is 7.38. The molecule has 0 unspecified atom stereocenters. The molecule has 4 aromatic carbocycles. The fourth-order valence-corrected chi connectivity index (χ4v) is 4.40. The summed E-state index contributed by atoms with van der Waals surface area (Å²) >= 11 is 0. The molecule has 5 N–H and O–H groups in total. The van der Waals surface area contributed by atoms with E-state index in [0.717, 1.165) is 17.7 Å². The SMILES string of the molecule is Cc1ccc(S(=O)(=O)O/C(=N\Nc2cccc(C#N)c2)C(F)(F)F)cc1.N#Cc1cccc(NNC(=O)C(F)(F)F)c1.N#Cc1cccc(NNC(=O)C(F)(F)F)c1. The van der Waals surface area contributed by atoms with Crippen LogP contribution in [0.15, 0.2) is 107 Å². The van der Waals surface area contributed by atoms with Crippen molar-refractivity contribution in [3.05, 3.63) is 119 Å². The van der Waals surface area contributed by atoms with E-state index in [9.17, 15) is 57.5 Å². The zero-order valence-electron chi connectivity index (χ0n) is 28.9. The highest BCUT2D eigenvalue weighted by Crippen LogP contribution is 2.24. The first-order chi connectivity index (χ1) is 27.0. The molecular weight excluding hydrogens is 817 g/mol. The average Bonchev–Trinajstić information content (AvgIpc) is 3.17. The van der Waals surface area contributed by atoms with Crippen molar-refractivity contribution in [1.29, 1.82) is 15.8 Å². The molecule has 0 aliphatic heterocycles. The van der Waals surface area contributed by atoms with Crippen LogP contribution in [-0.2, 0) is 23.9 Å². The molecule has 4 rings (SSSR count). The van der Waals surface area contributed by atoms with E-state index in [1.54, 1.807) is 6.92 Å². The Bertz CT molecular complexity index is 2250. The minimum absolute atomic E-state index is 0.0575. The van der Waals surface area contributed by atoms with Gasteiger partial charge in [-0.1, -0.05) is 35.9 Å². The quantitative estimate of drug-likeness (QED) is 0.0414. The molecule has 14 nitrogen and oxygen atoms in total. The highest BCUT2D eigenvalue weighted by Gasteiger charge is 2.42. The monoisotopic (exact) mass is 841 g/mol. The predicted octanol–water partition coefficient (Wildman–Crippen LogP) is 6.69. The minimum Gasteiger partial charge on any atom is -0.351 e. The van der Waals surface area contributed by atoms with Gasteiger partial charge in [-0.25, -0.2) is 0 Å². The Morgan fingerprint density at radius 1 is 0.603 bits per heavy atom. The molecule has 0 heterocycles. The van der Waals surface area contributed by atoms with Crippen LogP contribution in [0.25, 0.3) is 0 Å². The number of alkyl halides is 9. The van der Waals surface area contributed by atoms with E-state index < -0.39 is 51.3 Å². The number of anilines is 3. The standard InChI is InChI=1S/C16H12F3N3O3S.2C9H6F3N3O/c1-11-5-7-14(8-6-11)26(23,24)25-15(16(17,18)19)22-21-13-4-2-3-12(9-13)10-20;2*10-9(11,12)8(16)15-14-7-3-1-2-6(4-7)5-13/h2-9,21H,1H3;2*1-4,14H,(H,15,16)/b22-15-;;. The van der Waals surface area contributed by atoms with Gasteiger partial charge in [0, 0.05) is 0 Å². The van der Waals surface area contributed by atoms with Crippen molar-refractivity contribution in [2.75, 3.05) is 16.3 Å². The molecule has 58 heavy (non-hydrogen) atoms. The highest BCUT2D eigenvalue weighted by atomic mass is 32.2. The van der Waals surface area contributed by atoms with Gasteiger partial charge in [-0.2, -0.15) is 63.7 Å². The van der Waals surface area contributed by atoms with E-state index >= 15 is 0 Å². The fourth-order valence-electron chi connectivity index (χ4n) is 3.49. The second-order valence-electron chi connectivity index (χ2n) is 10.6. The van der Waals surface area contributed by atoms with E-state index in [-0.39, 0.29) is 33.8 Å². The summed E-state index contributed by atoms with van der Waals surface area (Å²) in [6.07, 6.45) is -15.0. The van der Waals surface area contributed by atoms with Crippen molar-refractivity contribution in [3.63, 3.8) is 0 Å². The third-order valence-electron chi connectivity index (χ3n) is 6.16. The Labute approximate surface area is 322 Å². The van der Waals surface area contributed by atoms with Crippen molar-refractivity contribution >= 4 is 44.9 Å². The van der Waals surface area contributed by atoms with Gasteiger partial charge in [0.2, 0.25) is 0 Å². The van der Waals surface area contributed by atoms with Crippen LogP contribution in [0, 0.1) is 40.9 Å². The summed E-state index contributed by atoms with van der Waals surface area (Å²) in [4.78, 5) is 20.4. The van der Waals surface area contributed by atoms with E-state index in [1.807, 2.05) is 23.6 Å². The molecule has 0 radical (unpaired) electrons. The van der Waals surface area contributed by atoms with Gasteiger partial charge < -0.3 is 4.18 Å². The number of hydrogen-bond donors (Lipinski definition) is 5. The second kappa shape index (κ2) is 20.4. The van der Waals surface area contributed by atoms with Crippen LogP contribution in [0.4, 0.5) is 56.6 Å². The Morgan fingerprint density at radius 2 is 0.983 bits per heavy atom. The van der Waals surface area contributed by atoms with E-state index in [2.05, 4.69) is 20.1 Å². The molecule has 2 amide bonds. The summed E-state index contributed by atoms with van der Waals surface area (Å²) in [7, 11) is -4.72. The van der Waals surface area contributed by atoms with Crippen molar-refractivity contribution in [2.24, 2.45) is 5.10 Å². The van der Waals surface area contributed by atoms with Gasteiger partial charge in [0.25, 0.3) is 0 Å². The predicted molar refractivity (Wildman–Crippen MR) is 186 cm³/mol. The number of amides is 2. The summed E-state index contributed by atoms with van der Waals surface area (Å²) in [5.74, 6) is -6.19. The number of hydrazone groups is 1. The van der Waals surface area contributed by atoms with Gasteiger partial charge in [0.15, 0.2) is 0 Å². The number of nitrogens with zero attached hydrogens (tertiary/aromatic N) is 4. The number of halogens is 9. The topological polar surface area (TPSA) is 221 Å². The van der Waals surface area contributed by atoms with Crippen LogP contribution in [0.1, 0.15) is 22.3 Å². The summed E-state index contributed by atoms with van der Waals surface area (Å²) in [5.41, 5.74) is 11.0. The lowest BCUT2D eigenvalue weighted by atomic mass is 10.2. The Hall–Kier alpha value is -7.52. The van der Waals surface area contributed by atoms with E-state index in [1.165, 1.54) is 95.8 Å². The molecule has 24 heteroatoms. The molecule has 304 valence electrons. The molecule has 4 aromatic rings. The summed E-state index contributed by atoms with van der Waals surface area (Å²) in [6, 6.07) is 27.3. The molecule has 0 saturated heterocycles. The van der Waals surface area contributed by atoms with Crippen LogP contribution in [-0.4, -0.2) is 44.7 Å². The number of nitrogens with one attached hydrogen (secondary N) is 5. The molecule has 0 bridgehead atoms. The van der Waals surface area contributed by atoms with Gasteiger partial charge in [-0.3, -0.25) is 36.7 Å². The van der Waals surface area contributed by atoms with E-state index in [0.29, 0.717) is 0 Å². The largest absolute Gasteiger partial charge is 0.472 e. The number of hydrogen-bond acceptors (Lipinski definition) is 12. The fraction of sp³-hybridized carbons (Fsp3) is 0.118. The highest BCUT2D eigenvalue weighted by molar-refractivity contribution is 7.87. The van der Waals surface area contributed by atoms with Gasteiger partial charge >= 0.3 is 46.4 Å². The van der Waals surface area contributed by atoms with Crippen LogP contribution < -0.4 is 27.1 Å². The number of hydrazine groups is 2. The average molecular weight is 842 g/mol. The summed E-state index contributed by atoms with van der Waals surface area (Å²) in [6.45, 7) is 1.69. The lowest BCUT2D eigenvalue weighted by Crippen LogP contribution is -2.40. The maximum absolute atomic E-state index is 13.1. The van der Waals surface area contributed by atoms with Crippen LogP contribution in [0.5, 0.6) is 0 Å². The van der Waals surface area contributed by atoms with Crippen molar-refractivity contribution < 1.29 is 61.7 Å². The number of rotatable bonds is 8. The van der Waals surface area contributed by atoms with Gasteiger partial charge in [0.1, 0.15) is 4.90 Å². The summed E-state index contributed by atoms with van der Waals surface area (Å²) in [5, 5.41) is 28.8. The molecular formula is C34H24F9N9O5S.